The molecule has 3 heteroatoms. The fraction of sp³-hybridized carbons (Fsp3) is 0.625. The second kappa shape index (κ2) is 6.92. The zero-order valence-corrected chi connectivity index (χ0v) is 12.1. The maximum atomic E-state index is 9.16. The number of rotatable bonds is 4. The van der Waals surface area contributed by atoms with Gasteiger partial charge in [0.1, 0.15) is 0 Å². The Morgan fingerprint density at radius 2 is 2.05 bits per heavy atom. The van der Waals surface area contributed by atoms with Crippen LogP contribution in [0, 0.1) is 0 Å². The second-order valence-corrected chi connectivity index (χ2v) is 5.53. The standard InChI is InChI=1S/C16H26N2O/c1-3-14-4-6-16(7-5-14)18-10-8-13(2)17-15(12-18)9-11-19/h4-7,13,15,17,19H,3,8-12H2,1-2H3. The molecular weight excluding hydrogens is 236 g/mol. The number of nitrogens with zero attached hydrogens (tertiary/aromatic N) is 1. The molecule has 0 bridgehead atoms. The van der Waals surface area contributed by atoms with Gasteiger partial charge < -0.3 is 15.3 Å². The molecule has 2 rings (SSSR count). The third kappa shape index (κ3) is 3.95. The van der Waals surface area contributed by atoms with Gasteiger partial charge in [-0.25, -0.2) is 0 Å². The van der Waals surface area contributed by atoms with Crippen molar-refractivity contribution in [1.29, 1.82) is 0 Å². The normalized spacial score (nSPS) is 24.3. The van der Waals surface area contributed by atoms with Gasteiger partial charge in [-0.1, -0.05) is 19.1 Å². The first-order chi connectivity index (χ1) is 9.22. The molecule has 0 spiro atoms. The van der Waals surface area contributed by atoms with Gasteiger partial charge in [0.05, 0.1) is 0 Å². The Balaban J connectivity index is 2.08. The summed E-state index contributed by atoms with van der Waals surface area (Å²) in [6, 6.07) is 9.80. The van der Waals surface area contributed by atoms with Crippen molar-refractivity contribution in [2.45, 2.75) is 45.2 Å². The quantitative estimate of drug-likeness (QED) is 0.873. The van der Waals surface area contributed by atoms with Gasteiger partial charge in [0.15, 0.2) is 0 Å². The lowest BCUT2D eigenvalue weighted by molar-refractivity contribution is 0.263. The molecule has 1 heterocycles. The summed E-state index contributed by atoms with van der Waals surface area (Å²) in [6.45, 7) is 6.74. The Kier molecular flexibility index (Phi) is 5.23. The van der Waals surface area contributed by atoms with E-state index in [1.807, 2.05) is 0 Å². The lowest BCUT2D eigenvalue weighted by atomic mass is 10.1. The van der Waals surface area contributed by atoms with Crippen LogP contribution in [0.1, 0.15) is 32.3 Å². The fourth-order valence-corrected chi connectivity index (χ4v) is 2.75. The van der Waals surface area contributed by atoms with Gasteiger partial charge in [0.25, 0.3) is 0 Å². The molecular formula is C16H26N2O. The Bertz CT molecular complexity index is 377. The number of hydrogen-bond donors (Lipinski definition) is 2. The van der Waals surface area contributed by atoms with Crippen LogP contribution >= 0.6 is 0 Å². The summed E-state index contributed by atoms with van der Waals surface area (Å²) in [7, 11) is 0. The summed E-state index contributed by atoms with van der Waals surface area (Å²) in [5.74, 6) is 0. The molecule has 1 fully saturated rings. The third-order valence-corrected chi connectivity index (χ3v) is 3.98. The highest BCUT2D eigenvalue weighted by atomic mass is 16.3. The first kappa shape index (κ1) is 14.4. The molecule has 0 amide bonds. The first-order valence-electron chi connectivity index (χ1n) is 7.43. The van der Waals surface area contributed by atoms with E-state index in [0.29, 0.717) is 12.1 Å². The summed E-state index contributed by atoms with van der Waals surface area (Å²) >= 11 is 0. The van der Waals surface area contributed by atoms with E-state index in [2.05, 4.69) is 48.3 Å². The molecule has 0 aromatic heterocycles. The Morgan fingerprint density at radius 3 is 2.68 bits per heavy atom. The van der Waals surface area contributed by atoms with Crippen LogP contribution < -0.4 is 10.2 Å². The van der Waals surface area contributed by atoms with Gasteiger partial charge in [0.2, 0.25) is 0 Å². The van der Waals surface area contributed by atoms with Crippen LogP contribution in [-0.4, -0.2) is 36.9 Å². The van der Waals surface area contributed by atoms with E-state index in [4.69, 9.17) is 5.11 Å². The molecule has 1 aromatic rings. The Morgan fingerprint density at radius 1 is 1.32 bits per heavy atom. The predicted octanol–water partition coefficient (Wildman–Crippen LogP) is 2.19. The Labute approximate surface area is 116 Å². The van der Waals surface area contributed by atoms with Gasteiger partial charge in [-0.3, -0.25) is 0 Å². The van der Waals surface area contributed by atoms with Crippen molar-refractivity contribution in [3.63, 3.8) is 0 Å². The molecule has 0 aliphatic carbocycles. The minimum absolute atomic E-state index is 0.257. The van der Waals surface area contributed by atoms with E-state index in [9.17, 15) is 0 Å². The molecule has 0 saturated carbocycles. The summed E-state index contributed by atoms with van der Waals surface area (Å²) in [6.07, 6.45) is 3.07. The summed E-state index contributed by atoms with van der Waals surface area (Å²) < 4.78 is 0. The van der Waals surface area contributed by atoms with Gasteiger partial charge in [-0.05, 0) is 43.9 Å². The smallest absolute Gasteiger partial charge is 0.0446 e. The average molecular weight is 262 g/mol. The number of anilines is 1. The zero-order valence-electron chi connectivity index (χ0n) is 12.1. The van der Waals surface area contributed by atoms with Crippen LogP contribution in [0.3, 0.4) is 0 Å². The molecule has 2 unspecified atom stereocenters. The van der Waals surface area contributed by atoms with Crippen molar-refractivity contribution < 1.29 is 5.11 Å². The van der Waals surface area contributed by atoms with Crippen molar-refractivity contribution in [1.82, 2.24) is 5.32 Å². The Hall–Kier alpha value is -1.06. The highest BCUT2D eigenvalue weighted by Crippen LogP contribution is 2.19. The van der Waals surface area contributed by atoms with E-state index in [1.54, 1.807) is 0 Å². The first-order valence-corrected chi connectivity index (χ1v) is 7.43. The molecule has 1 aromatic carbocycles. The van der Waals surface area contributed by atoms with Crippen LogP contribution in [0.5, 0.6) is 0 Å². The maximum Gasteiger partial charge on any atom is 0.0446 e. The van der Waals surface area contributed by atoms with E-state index in [0.717, 1.165) is 32.4 Å². The zero-order chi connectivity index (χ0) is 13.7. The van der Waals surface area contributed by atoms with Crippen LogP contribution in [0.2, 0.25) is 0 Å². The van der Waals surface area contributed by atoms with E-state index in [-0.39, 0.29) is 6.61 Å². The number of aliphatic hydroxyl groups is 1. The lowest BCUT2D eigenvalue weighted by Crippen LogP contribution is -2.40. The third-order valence-electron chi connectivity index (χ3n) is 3.98. The van der Waals surface area contributed by atoms with Crippen molar-refractivity contribution >= 4 is 5.69 Å². The van der Waals surface area contributed by atoms with Gasteiger partial charge in [-0.15, -0.1) is 0 Å². The van der Waals surface area contributed by atoms with Crippen molar-refractivity contribution in [2.75, 3.05) is 24.6 Å². The lowest BCUT2D eigenvalue weighted by Gasteiger charge is -2.26. The van der Waals surface area contributed by atoms with Crippen molar-refractivity contribution in [3.8, 4) is 0 Å². The number of aryl methyl sites for hydroxylation is 1. The van der Waals surface area contributed by atoms with Crippen LogP contribution in [0.4, 0.5) is 5.69 Å². The van der Waals surface area contributed by atoms with E-state index >= 15 is 0 Å². The molecule has 19 heavy (non-hydrogen) atoms. The second-order valence-electron chi connectivity index (χ2n) is 5.53. The highest BCUT2D eigenvalue weighted by molar-refractivity contribution is 5.48. The molecule has 2 atom stereocenters. The molecule has 2 N–H and O–H groups in total. The van der Waals surface area contributed by atoms with Gasteiger partial charge >= 0.3 is 0 Å². The summed E-state index contributed by atoms with van der Waals surface area (Å²) in [4.78, 5) is 2.44. The maximum absolute atomic E-state index is 9.16. The number of benzene rings is 1. The summed E-state index contributed by atoms with van der Waals surface area (Å²) in [5.41, 5.74) is 2.69. The molecule has 1 saturated heterocycles. The number of hydrogen-bond acceptors (Lipinski definition) is 3. The SMILES string of the molecule is CCc1ccc(N2CCC(C)NC(CCO)C2)cc1. The fourth-order valence-electron chi connectivity index (χ4n) is 2.75. The van der Waals surface area contributed by atoms with Crippen LogP contribution in [0.15, 0.2) is 24.3 Å². The van der Waals surface area contributed by atoms with Gasteiger partial charge in [-0.2, -0.15) is 0 Å². The molecule has 1 aliphatic heterocycles. The predicted molar refractivity (Wildman–Crippen MR) is 80.7 cm³/mol. The monoisotopic (exact) mass is 262 g/mol. The van der Waals surface area contributed by atoms with Crippen molar-refractivity contribution in [3.05, 3.63) is 29.8 Å². The topological polar surface area (TPSA) is 35.5 Å². The number of nitrogens with one attached hydrogen (secondary N) is 1. The molecule has 3 nitrogen and oxygen atoms in total. The van der Waals surface area contributed by atoms with E-state index < -0.39 is 0 Å². The number of aliphatic hydroxyl groups excluding tert-OH is 1. The van der Waals surface area contributed by atoms with Crippen LogP contribution in [-0.2, 0) is 6.42 Å². The molecule has 106 valence electrons. The average Bonchev–Trinajstić information content (AvgIpc) is 2.61. The molecule has 0 radical (unpaired) electrons. The minimum atomic E-state index is 0.257. The molecule has 1 aliphatic rings. The van der Waals surface area contributed by atoms with Gasteiger partial charge in [0, 0.05) is 37.5 Å². The minimum Gasteiger partial charge on any atom is -0.396 e. The van der Waals surface area contributed by atoms with E-state index in [1.165, 1.54) is 11.3 Å². The summed E-state index contributed by atoms with van der Waals surface area (Å²) in [5, 5.41) is 12.8. The van der Waals surface area contributed by atoms with Crippen molar-refractivity contribution in [2.24, 2.45) is 0 Å². The largest absolute Gasteiger partial charge is 0.396 e. The highest BCUT2D eigenvalue weighted by Gasteiger charge is 2.21. The van der Waals surface area contributed by atoms with Crippen LogP contribution in [0.25, 0.3) is 0 Å².